The number of hydrogen-bond acceptors (Lipinski definition) is 8. The number of benzene rings is 1. The van der Waals surface area contributed by atoms with Crippen LogP contribution in [0.5, 0.6) is 5.88 Å². The first-order chi connectivity index (χ1) is 17.1. The zero-order chi connectivity index (χ0) is 26.1. The molecule has 3 N–H and O–H groups in total. The van der Waals surface area contributed by atoms with Gasteiger partial charge >= 0.3 is 0 Å². The smallest absolute Gasteiger partial charge is 0.277 e. The number of methoxy groups -OCH3 is 1. The summed E-state index contributed by atoms with van der Waals surface area (Å²) in [5.74, 6) is 0.281. The van der Waals surface area contributed by atoms with E-state index in [1.807, 2.05) is 45.0 Å². The van der Waals surface area contributed by atoms with Gasteiger partial charge in [-0.1, -0.05) is 32.9 Å². The fourth-order valence-electron chi connectivity index (χ4n) is 4.62. The van der Waals surface area contributed by atoms with Crippen molar-refractivity contribution in [1.82, 2.24) is 19.3 Å². The maximum absolute atomic E-state index is 12.3. The molecule has 36 heavy (non-hydrogen) atoms. The summed E-state index contributed by atoms with van der Waals surface area (Å²) in [6.07, 6.45) is 3.58. The molecule has 1 aliphatic heterocycles. The van der Waals surface area contributed by atoms with Gasteiger partial charge < -0.3 is 14.6 Å². The molecule has 0 amide bonds. The molecule has 4 rings (SSSR count). The molecule has 3 aromatic rings. The number of nitrogens with zero attached hydrogens (tertiary/aromatic N) is 4. The fraction of sp³-hybridized carbons (Fsp3) is 0.480. The Balaban J connectivity index is 1.92. The second kappa shape index (κ2) is 10.3. The number of fused-ring (bicyclic) bond motifs is 1. The Bertz CT molecular complexity index is 1350. The van der Waals surface area contributed by atoms with E-state index in [1.165, 1.54) is 11.4 Å². The number of pyridine rings is 1. The summed E-state index contributed by atoms with van der Waals surface area (Å²) in [6.45, 7) is 6.43. The minimum absolute atomic E-state index is 0.0425. The van der Waals surface area contributed by atoms with Gasteiger partial charge in [0, 0.05) is 31.0 Å². The molecule has 2 unspecified atom stereocenters. The van der Waals surface area contributed by atoms with Crippen molar-refractivity contribution in [3.63, 3.8) is 0 Å². The van der Waals surface area contributed by atoms with Crippen LogP contribution in [-0.4, -0.2) is 59.6 Å². The predicted octanol–water partition coefficient (Wildman–Crippen LogP) is 2.92. The fourth-order valence-corrected chi connectivity index (χ4v) is 5.43. The topological polar surface area (TPSA) is 141 Å². The quantitative estimate of drug-likeness (QED) is 0.489. The van der Waals surface area contributed by atoms with E-state index >= 15 is 0 Å². The maximum Gasteiger partial charge on any atom is 0.277 e. The lowest BCUT2D eigenvalue weighted by molar-refractivity contribution is 0.0271. The molecule has 3 heterocycles. The van der Waals surface area contributed by atoms with Crippen LogP contribution in [0.2, 0.25) is 0 Å². The number of aromatic nitrogens is 3. The van der Waals surface area contributed by atoms with E-state index in [4.69, 9.17) is 14.6 Å². The van der Waals surface area contributed by atoms with E-state index in [-0.39, 0.29) is 19.0 Å². The Morgan fingerprint density at radius 1 is 1.19 bits per heavy atom. The van der Waals surface area contributed by atoms with Crippen molar-refractivity contribution < 1.29 is 23.0 Å². The Kier molecular flexibility index (Phi) is 7.58. The molecule has 1 fully saturated rings. The van der Waals surface area contributed by atoms with Crippen LogP contribution in [0.15, 0.2) is 36.7 Å². The van der Waals surface area contributed by atoms with Crippen molar-refractivity contribution >= 4 is 21.2 Å². The second-order valence-corrected chi connectivity index (χ2v) is 10.8. The standard InChI is InChI=1S/C25H33N5O5S/c1-5-25(31,6-2)17-7-8-18(20-12-21-23(24(29-20)34-4)28-10-9-27-21)19(11-17)22-14-30(36(26,32)33)13-16(3)15-35-22/h7-12,16,22,31H,5-6,13-15H2,1-4H3,(H2,26,32,33). The van der Waals surface area contributed by atoms with Gasteiger partial charge in [-0.2, -0.15) is 12.7 Å². The maximum atomic E-state index is 12.3. The van der Waals surface area contributed by atoms with Crippen LogP contribution >= 0.6 is 0 Å². The molecule has 0 aliphatic carbocycles. The van der Waals surface area contributed by atoms with Gasteiger partial charge in [0.1, 0.15) is 0 Å². The van der Waals surface area contributed by atoms with Gasteiger partial charge in [-0.15, -0.1) is 0 Å². The van der Waals surface area contributed by atoms with Gasteiger partial charge in [0.2, 0.25) is 5.88 Å². The van der Waals surface area contributed by atoms with Crippen molar-refractivity contribution in [2.45, 2.75) is 45.3 Å². The van der Waals surface area contributed by atoms with Gasteiger partial charge in [-0.3, -0.25) is 4.98 Å². The molecule has 10 nitrogen and oxygen atoms in total. The van der Waals surface area contributed by atoms with Crippen molar-refractivity contribution in [2.24, 2.45) is 11.1 Å². The third kappa shape index (κ3) is 5.21. The lowest BCUT2D eigenvalue weighted by Gasteiger charge is -2.29. The van der Waals surface area contributed by atoms with Crippen LogP contribution in [0.1, 0.15) is 50.8 Å². The highest BCUT2D eigenvalue weighted by Gasteiger charge is 2.33. The molecule has 0 bridgehead atoms. The van der Waals surface area contributed by atoms with Crippen molar-refractivity contribution in [1.29, 1.82) is 0 Å². The van der Waals surface area contributed by atoms with Gasteiger partial charge in [-0.25, -0.2) is 15.1 Å². The normalized spacial score (nSPS) is 19.8. The Hall–Kier alpha value is -2.70. The first-order valence-corrected chi connectivity index (χ1v) is 13.5. The Morgan fingerprint density at radius 2 is 1.92 bits per heavy atom. The molecular formula is C25H33N5O5S. The summed E-state index contributed by atoms with van der Waals surface area (Å²) in [5.41, 5.74) is 2.82. The molecule has 0 radical (unpaired) electrons. The third-order valence-corrected chi connectivity index (χ3v) is 7.84. The summed E-state index contributed by atoms with van der Waals surface area (Å²) in [5, 5.41) is 16.8. The molecule has 0 spiro atoms. The summed E-state index contributed by atoms with van der Waals surface area (Å²) in [6, 6.07) is 7.45. The molecular weight excluding hydrogens is 482 g/mol. The molecule has 1 saturated heterocycles. The number of rotatable bonds is 7. The SMILES string of the molecule is CCC(O)(CC)c1ccc(-c2cc3nccnc3c(OC)n2)c(C2CN(S(N)(=O)=O)CC(C)CO2)c1. The summed E-state index contributed by atoms with van der Waals surface area (Å²) in [7, 11) is -2.42. The minimum atomic E-state index is -3.94. The Labute approximate surface area is 211 Å². The van der Waals surface area contributed by atoms with E-state index in [2.05, 4.69) is 15.0 Å². The highest BCUT2D eigenvalue weighted by Crippen LogP contribution is 2.38. The largest absolute Gasteiger partial charge is 0.479 e. The summed E-state index contributed by atoms with van der Waals surface area (Å²) in [4.78, 5) is 13.4. The minimum Gasteiger partial charge on any atom is -0.479 e. The van der Waals surface area contributed by atoms with Crippen molar-refractivity contribution in [3.05, 3.63) is 47.8 Å². The van der Waals surface area contributed by atoms with E-state index in [0.717, 1.165) is 5.56 Å². The van der Waals surface area contributed by atoms with Crippen LogP contribution in [0.4, 0.5) is 0 Å². The van der Waals surface area contributed by atoms with E-state index < -0.39 is 21.9 Å². The zero-order valence-electron chi connectivity index (χ0n) is 21.0. The van der Waals surface area contributed by atoms with Gasteiger partial charge in [-0.05, 0) is 42.0 Å². The van der Waals surface area contributed by atoms with Gasteiger partial charge in [0.05, 0.1) is 36.6 Å². The van der Waals surface area contributed by atoms with Crippen LogP contribution in [0.25, 0.3) is 22.3 Å². The monoisotopic (exact) mass is 515 g/mol. The zero-order valence-corrected chi connectivity index (χ0v) is 21.8. The average molecular weight is 516 g/mol. The van der Waals surface area contributed by atoms with Crippen LogP contribution in [-0.2, 0) is 20.5 Å². The number of aliphatic hydroxyl groups is 1. The number of hydrogen-bond donors (Lipinski definition) is 2. The number of ether oxygens (including phenoxy) is 2. The molecule has 1 aromatic carbocycles. The van der Waals surface area contributed by atoms with E-state index in [9.17, 15) is 13.5 Å². The molecule has 2 aromatic heterocycles. The highest BCUT2D eigenvalue weighted by atomic mass is 32.2. The van der Waals surface area contributed by atoms with Crippen LogP contribution in [0.3, 0.4) is 0 Å². The van der Waals surface area contributed by atoms with Crippen molar-refractivity contribution in [3.8, 4) is 17.1 Å². The van der Waals surface area contributed by atoms with E-state index in [0.29, 0.717) is 53.2 Å². The first kappa shape index (κ1) is 26.4. The summed E-state index contributed by atoms with van der Waals surface area (Å²) < 4.78 is 37.6. The van der Waals surface area contributed by atoms with Crippen molar-refractivity contribution in [2.75, 3.05) is 26.8 Å². The molecule has 11 heteroatoms. The lowest BCUT2D eigenvalue weighted by atomic mass is 9.85. The van der Waals surface area contributed by atoms with Crippen LogP contribution in [0, 0.1) is 5.92 Å². The highest BCUT2D eigenvalue weighted by molar-refractivity contribution is 7.86. The molecule has 0 saturated carbocycles. The lowest BCUT2D eigenvalue weighted by Crippen LogP contribution is -2.40. The first-order valence-electron chi connectivity index (χ1n) is 12.0. The Morgan fingerprint density at radius 3 is 2.58 bits per heavy atom. The average Bonchev–Trinajstić information content (AvgIpc) is 3.09. The number of nitrogens with two attached hydrogens (primary N) is 1. The van der Waals surface area contributed by atoms with E-state index in [1.54, 1.807) is 12.4 Å². The molecule has 1 aliphatic rings. The molecule has 194 valence electrons. The summed E-state index contributed by atoms with van der Waals surface area (Å²) >= 11 is 0. The predicted molar refractivity (Wildman–Crippen MR) is 136 cm³/mol. The second-order valence-electron chi connectivity index (χ2n) is 9.27. The van der Waals surface area contributed by atoms with Gasteiger partial charge in [0.15, 0.2) is 5.52 Å². The molecule has 2 atom stereocenters. The van der Waals surface area contributed by atoms with Crippen LogP contribution < -0.4 is 9.88 Å². The van der Waals surface area contributed by atoms with Gasteiger partial charge in [0.25, 0.3) is 10.2 Å². The third-order valence-electron chi connectivity index (χ3n) is 6.83.